The van der Waals surface area contributed by atoms with Crippen LogP contribution in [0.2, 0.25) is 0 Å². The van der Waals surface area contributed by atoms with Crippen LogP contribution in [0.15, 0.2) is 23.8 Å². The Morgan fingerprint density at radius 2 is 1.88 bits per heavy atom. The molecule has 1 aromatic rings. The standard InChI is InChI=1S/C14H18O3/c1-9(7-13(15)16)8-17-14-11(3)6-5-10(2)12(14)4/h5-7H,8H2,1-4H3,(H,15,16)/b9-7+. The predicted molar refractivity (Wildman–Crippen MR) is 67.5 cm³/mol. The van der Waals surface area contributed by atoms with Crippen molar-refractivity contribution in [3.8, 4) is 5.75 Å². The normalized spacial score (nSPS) is 11.4. The van der Waals surface area contributed by atoms with Gasteiger partial charge in [0.1, 0.15) is 12.4 Å². The molecule has 0 aromatic heterocycles. The molecule has 0 bridgehead atoms. The Bertz CT molecular complexity index is 459. The molecule has 0 radical (unpaired) electrons. The van der Waals surface area contributed by atoms with Crippen LogP contribution < -0.4 is 4.74 Å². The molecule has 1 aromatic carbocycles. The molecular formula is C14H18O3. The number of benzene rings is 1. The van der Waals surface area contributed by atoms with E-state index in [4.69, 9.17) is 9.84 Å². The van der Waals surface area contributed by atoms with Gasteiger partial charge in [-0.05, 0) is 50.0 Å². The molecular weight excluding hydrogens is 216 g/mol. The highest BCUT2D eigenvalue weighted by molar-refractivity contribution is 5.80. The van der Waals surface area contributed by atoms with Gasteiger partial charge in [0.15, 0.2) is 0 Å². The molecule has 0 amide bonds. The number of hydrogen-bond acceptors (Lipinski definition) is 2. The van der Waals surface area contributed by atoms with Crippen LogP contribution in [-0.4, -0.2) is 17.7 Å². The lowest BCUT2D eigenvalue weighted by atomic mass is 10.1. The minimum Gasteiger partial charge on any atom is -0.489 e. The van der Waals surface area contributed by atoms with E-state index in [0.717, 1.165) is 16.9 Å². The van der Waals surface area contributed by atoms with Crippen molar-refractivity contribution in [2.45, 2.75) is 27.7 Å². The van der Waals surface area contributed by atoms with Crippen LogP contribution in [0.4, 0.5) is 0 Å². The summed E-state index contributed by atoms with van der Waals surface area (Å²) in [5.41, 5.74) is 4.03. The van der Waals surface area contributed by atoms with Crippen molar-refractivity contribution in [2.75, 3.05) is 6.61 Å². The second-order valence-electron chi connectivity index (χ2n) is 4.27. The van der Waals surface area contributed by atoms with Crippen LogP contribution >= 0.6 is 0 Å². The van der Waals surface area contributed by atoms with Crippen molar-refractivity contribution in [3.63, 3.8) is 0 Å². The van der Waals surface area contributed by atoms with E-state index < -0.39 is 5.97 Å². The Balaban J connectivity index is 2.83. The molecule has 3 nitrogen and oxygen atoms in total. The summed E-state index contributed by atoms with van der Waals surface area (Å²) in [6.45, 7) is 8.07. The van der Waals surface area contributed by atoms with Crippen molar-refractivity contribution < 1.29 is 14.6 Å². The summed E-state index contributed by atoms with van der Waals surface area (Å²) in [5.74, 6) is -0.0908. The lowest BCUT2D eigenvalue weighted by Gasteiger charge is -2.13. The van der Waals surface area contributed by atoms with Crippen molar-refractivity contribution in [2.24, 2.45) is 0 Å². The van der Waals surface area contributed by atoms with E-state index in [1.54, 1.807) is 6.92 Å². The highest BCUT2D eigenvalue weighted by Gasteiger charge is 2.06. The average Bonchev–Trinajstić information content (AvgIpc) is 2.23. The summed E-state index contributed by atoms with van der Waals surface area (Å²) in [7, 11) is 0. The Labute approximate surface area is 102 Å². The molecule has 17 heavy (non-hydrogen) atoms. The molecule has 92 valence electrons. The number of carboxylic acids is 1. The molecule has 0 aliphatic rings. The van der Waals surface area contributed by atoms with Gasteiger partial charge >= 0.3 is 5.97 Å². The summed E-state index contributed by atoms with van der Waals surface area (Å²) in [6.07, 6.45) is 1.17. The first-order chi connectivity index (χ1) is 7.91. The van der Waals surface area contributed by atoms with Crippen molar-refractivity contribution in [1.29, 1.82) is 0 Å². The molecule has 0 saturated heterocycles. The van der Waals surface area contributed by atoms with E-state index in [9.17, 15) is 4.79 Å². The molecule has 0 atom stereocenters. The van der Waals surface area contributed by atoms with Gasteiger partial charge in [-0.2, -0.15) is 0 Å². The fourth-order valence-electron chi connectivity index (χ4n) is 1.59. The first-order valence-corrected chi connectivity index (χ1v) is 5.51. The van der Waals surface area contributed by atoms with Gasteiger partial charge in [0, 0.05) is 6.08 Å². The summed E-state index contributed by atoms with van der Waals surface area (Å²) in [4.78, 5) is 10.5. The monoisotopic (exact) mass is 234 g/mol. The second kappa shape index (κ2) is 5.53. The van der Waals surface area contributed by atoms with Crippen LogP contribution in [0.3, 0.4) is 0 Å². The maximum atomic E-state index is 10.5. The quantitative estimate of drug-likeness (QED) is 0.814. The average molecular weight is 234 g/mol. The van der Waals surface area contributed by atoms with E-state index >= 15 is 0 Å². The fourth-order valence-corrected chi connectivity index (χ4v) is 1.59. The Hall–Kier alpha value is -1.77. The van der Waals surface area contributed by atoms with Gasteiger partial charge in [-0.1, -0.05) is 12.1 Å². The predicted octanol–water partition coefficient (Wildman–Crippen LogP) is 3.02. The van der Waals surface area contributed by atoms with Gasteiger partial charge < -0.3 is 9.84 Å². The summed E-state index contributed by atoms with van der Waals surface area (Å²) in [6, 6.07) is 4.06. The Morgan fingerprint density at radius 3 is 2.47 bits per heavy atom. The van der Waals surface area contributed by atoms with Gasteiger partial charge in [0.05, 0.1) is 0 Å². The van der Waals surface area contributed by atoms with Gasteiger partial charge in [-0.25, -0.2) is 4.79 Å². The van der Waals surface area contributed by atoms with E-state index in [0.29, 0.717) is 12.2 Å². The molecule has 0 unspecified atom stereocenters. The first-order valence-electron chi connectivity index (χ1n) is 5.51. The molecule has 0 fully saturated rings. The van der Waals surface area contributed by atoms with E-state index in [1.165, 1.54) is 11.6 Å². The van der Waals surface area contributed by atoms with Gasteiger partial charge in [0.25, 0.3) is 0 Å². The third-order valence-corrected chi connectivity index (χ3v) is 2.69. The molecule has 1 rings (SSSR count). The van der Waals surface area contributed by atoms with Crippen LogP contribution in [0.1, 0.15) is 23.6 Å². The lowest BCUT2D eigenvalue weighted by molar-refractivity contribution is -0.131. The van der Waals surface area contributed by atoms with Crippen molar-refractivity contribution in [3.05, 3.63) is 40.5 Å². The molecule has 0 aliphatic heterocycles. The SMILES string of the molecule is C/C(=C\C(=O)O)COc1c(C)ccc(C)c1C. The minimum atomic E-state index is -0.941. The lowest BCUT2D eigenvalue weighted by Crippen LogP contribution is -2.04. The van der Waals surface area contributed by atoms with E-state index in [2.05, 4.69) is 6.07 Å². The maximum absolute atomic E-state index is 10.5. The summed E-state index contributed by atoms with van der Waals surface area (Å²) in [5, 5.41) is 8.60. The van der Waals surface area contributed by atoms with Crippen LogP contribution in [0.25, 0.3) is 0 Å². The Kier molecular flexibility index (Phi) is 4.32. The van der Waals surface area contributed by atoms with Gasteiger partial charge in [-0.3, -0.25) is 0 Å². The first kappa shape index (κ1) is 13.3. The number of aliphatic carboxylic acids is 1. The molecule has 1 N–H and O–H groups in total. The summed E-state index contributed by atoms with van der Waals surface area (Å²) >= 11 is 0. The number of carbonyl (C=O) groups is 1. The zero-order chi connectivity index (χ0) is 13.0. The van der Waals surface area contributed by atoms with Crippen molar-refractivity contribution in [1.82, 2.24) is 0 Å². The van der Waals surface area contributed by atoms with Crippen LogP contribution in [0, 0.1) is 20.8 Å². The topological polar surface area (TPSA) is 46.5 Å². The van der Waals surface area contributed by atoms with Crippen LogP contribution in [0.5, 0.6) is 5.75 Å². The maximum Gasteiger partial charge on any atom is 0.328 e. The number of rotatable bonds is 4. The number of aryl methyl sites for hydroxylation is 2. The fraction of sp³-hybridized carbons (Fsp3) is 0.357. The number of ether oxygens (including phenoxy) is 1. The highest BCUT2D eigenvalue weighted by atomic mass is 16.5. The molecule has 0 aliphatic carbocycles. The summed E-state index contributed by atoms with van der Waals surface area (Å²) < 4.78 is 5.68. The third kappa shape index (κ3) is 3.63. The van der Waals surface area contributed by atoms with Gasteiger partial charge in [-0.15, -0.1) is 0 Å². The second-order valence-corrected chi connectivity index (χ2v) is 4.27. The third-order valence-electron chi connectivity index (χ3n) is 2.69. The largest absolute Gasteiger partial charge is 0.489 e. The van der Waals surface area contributed by atoms with E-state index in [-0.39, 0.29) is 0 Å². The zero-order valence-electron chi connectivity index (χ0n) is 10.7. The molecule has 0 heterocycles. The highest BCUT2D eigenvalue weighted by Crippen LogP contribution is 2.25. The molecule has 0 saturated carbocycles. The Morgan fingerprint density at radius 1 is 1.29 bits per heavy atom. The smallest absolute Gasteiger partial charge is 0.328 e. The number of carboxylic acid groups (broad SMARTS) is 1. The molecule has 0 spiro atoms. The number of hydrogen-bond donors (Lipinski definition) is 1. The zero-order valence-corrected chi connectivity index (χ0v) is 10.7. The van der Waals surface area contributed by atoms with Gasteiger partial charge in [0.2, 0.25) is 0 Å². The van der Waals surface area contributed by atoms with E-state index in [1.807, 2.05) is 26.8 Å². The molecule has 3 heteroatoms. The minimum absolute atomic E-state index is 0.303. The van der Waals surface area contributed by atoms with Crippen LogP contribution in [-0.2, 0) is 4.79 Å². The van der Waals surface area contributed by atoms with Crippen molar-refractivity contribution >= 4 is 5.97 Å².